The molecule has 2 rings (SSSR count). The van der Waals surface area contributed by atoms with Crippen LogP contribution in [0.25, 0.3) is 0 Å². The van der Waals surface area contributed by atoms with Crippen molar-refractivity contribution in [3.63, 3.8) is 0 Å². The molecule has 1 saturated heterocycles. The van der Waals surface area contributed by atoms with Gasteiger partial charge in [-0.25, -0.2) is 4.79 Å². The lowest BCUT2D eigenvalue weighted by molar-refractivity contribution is 0.0167. The number of halogens is 1. The predicted octanol–water partition coefficient (Wildman–Crippen LogP) is 2.03. The SMILES string of the molecule is CCNC(=O)NC[C@H](c1ccc(Cl)cc1)N1CCOCC1. The van der Waals surface area contributed by atoms with Crippen molar-refractivity contribution in [2.75, 3.05) is 39.4 Å². The number of nitrogens with one attached hydrogen (secondary N) is 2. The second-order valence-corrected chi connectivity index (χ2v) is 5.39. The van der Waals surface area contributed by atoms with Gasteiger partial charge in [-0.15, -0.1) is 0 Å². The normalized spacial score (nSPS) is 17.2. The van der Waals surface area contributed by atoms with Crippen molar-refractivity contribution in [2.45, 2.75) is 13.0 Å². The molecule has 1 atom stereocenters. The Morgan fingerprint density at radius 1 is 1.29 bits per heavy atom. The van der Waals surface area contributed by atoms with E-state index in [0.29, 0.717) is 13.1 Å². The zero-order chi connectivity index (χ0) is 15.1. The third kappa shape index (κ3) is 4.88. The molecule has 1 aliphatic heterocycles. The average molecular weight is 312 g/mol. The number of carbonyl (C=O) groups excluding carboxylic acids is 1. The summed E-state index contributed by atoms with van der Waals surface area (Å²) in [5.41, 5.74) is 1.15. The Morgan fingerprint density at radius 2 is 1.95 bits per heavy atom. The molecular formula is C15H22ClN3O2. The number of urea groups is 1. The maximum Gasteiger partial charge on any atom is 0.314 e. The van der Waals surface area contributed by atoms with E-state index in [0.717, 1.165) is 36.9 Å². The molecule has 0 radical (unpaired) electrons. The predicted molar refractivity (Wildman–Crippen MR) is 83.7 cm³/mol. The van der Waals surface area contributed by atoms with Crippen LogP contribution in [-0.2, 0) is 4.74 Å². The van der Waals surface area contributed by atoms with Gasteiger partial charge in [-0.1, -0.05) is 23.7 Å². The number of nitrogens with zero attached hydrogens (tertiary/aromatic N) is 1. The third-order valence-corrected chi connectivity index (χ3v) is 3.79. The van der Waals surface area contributed by atoms with E-state index in [9.17, 15) is 4.79 Å². The molecule has 0 aromatic heterocycles. The Labute approximate surface area is 130 Å². The lowest BCUT2D eigenvalue weighted by Crippen LogP contribution is -2.45. The summed E-state index contributed by atoms with van der Waals surface area (Å²) in [6, 6.07) is 7.80. The van der Waals surface area contributed by atoms with E-state index in [1.165, 1.54) is 0 Å². The molecule has 0 spiro atoms. The van der Waals surface area contributed by atoms with Crippen LogP contribution in [0.3, 0.4) is 0 Å². The lowest BCUT2D eigenvalue weighted by atomic mass is 10.0. The molecule has 6 heteroatoms. The number of carbonyl (C=O) groups is 1. The minimum absolute atomic E-state index is 0.133. The van der Waals surface area contributed by atoms with Crippen LogP contribution >= 0.6 is 11.6 Å². The van der Waals surface area contributed by atoms with E-state index < -0.39 is 0 Å². The maximum absolute atomic E-state index is 11.6. The van der Waals surface area contributed by atoms with Crippen LogP contribution in [0.1, 0.15) is 18.5 Å². The zero-order valence-corrected chi connectivity index (χ0v) is 13.0. The van der Waals surface area contributed by atoms with Crippen LogP contribution in [0.5, 0.6) is 0 Å². The van der Waals surface area contributed by atoms with Gasteiger partial charge in [-0.3, -0.25) is 4.90 Å². The van der Waals surface area contributed by atoms with Gasteiger partial charge in [0.2, 0.25) is 0 Å². The molecule has 5 nitrogen and oxygen atoms in total. The molecule has 0 bridgehead atoms. The van der Waals surface area contributed by atoms with E-state index >= 15 is 0 Å². The minimum atomic E-state index is -0.135. The fraction of sp³-hybridized carbons (Fsp3) is 0.533. The molecule has 1 heterocycles. The summed E-state index contributed by atoms with van der Waals surface area (Å²) in [5, 5.41) is 6.40. The Kier molecular flexibility index (Phi) is 6.29. The molecular weight excluding hydrogens is 290 g/mol. The van der Waals surface area contributed by atoms with Gasteiger partial charge < -0.3 is 15.4 Å². The van der Waals surface area contributed by atoms with Crippen molar-refractivity contribution in [1.82, 2.24) is 15.5 Å². The van der Waals surface area contributed by atoms with E-state index in [1.54, 1.807) is 0 Å². The Balaban J connectivity index is 2.05. The van der Waals surface area contributed by atoms with Gasteiger partial charge in [-0.05, 0) is 24.6 Å². The number of hydrogen-bond donors (Lipinski definition) is 2. The highest BCUT2D eigenvalue weighted by Crippen LogP contribution is 2.22. The van der Waals surface area contributed by atoms with Gasteiger partial charge in [0.15, 0.2) is 0 Å². The number of ether oxygens (including phenoxy) is 1. The van der Waals surface area contributed by atoms with Gasteiger partial charge in [0.25, 0.3) is 0 Å². The van der Waals surface area contributed by atoms with Crippen LogP contribution in [0.2, 0.25) is 5.02 Å². The molecule has 116 valence electrons. The van der Waals surface area contributed by atoms with Gasteiger partial charge in [0, 0.05) is 31.2 Å². The van der Waals surface area contributed by atoms with Crippen LogP contribution < -0.4 is 10.6 Å². The first-order chi connectivity index (χ1) is 10.2. The fourth-order valence-electron chi connectivity index (χ4n) is 2.44. The summed E-state index contributed by atoms with van der Waals surface area (Å²) in [5.74, 6) is 0. The number of amides is 2. The van der Waals surface area contributed by atoms with Crippen molar-refractivity contribution >= 4 is 17.6 Å². The largest absolute Gasteiger partial charge is 0.379 e. The summed E-state index contributed by atoms with van der Waals surface area (Å²) < 4.78 is 5.41. The van der Waals surface area contributed by atoms with Crippen molar-refractivity contribution in [3.05, 3.63) is 34.9 Å². The molecule has 21 heavy (non-hydrogen) atoms. The summed E-state index contributed by atoms with van der Waals surface area (Å²) >= 11 is 5.96. The second kappa shape index (κ2) is 8.22. The van der Waals surface area contributed by atoms with Crippen LogP contribution in [0.15, 0.2) is 24.3 Å². The van der Waals surface area contributed by atoms with E-state index in [4.69, 9.17) is 16.3 Å². The quantitative estimate of drug-likeness (QED) is 0.875. The molecule has 1 aliphatic rings. The first-order valence-electron chi connectivity index (χ1n) is 7.29. The smallest absolute Gasteiger partial charge is 0.314 e. The molecule has 1 fully saturated rings. The monoisotopic (exact) mass is 311 g/mol. The van der Waals surface area contributed by atoms with Crippen molar-refractivity contribution in [3.8, 4) is 0 Å². The summed E-state index contributed by atoms with van der Waals surface area (Å²) in [6.45, 7) is 6.27. The number of morpholine rings is 1. The summed E-state index contributed by atoms with van der Waals surface area (Å²) in [6.07, 6.45) is 0. The zero-order valence-electron chi connectivity index (χ0n) is 12.3. The summed E-state index contributed by atoms with van der Waals surface area (Å²) in [4.78, 5) is 14.0. The first-order valence-corrected chi connectivity index (χ1v) is 7.67. The maximum atomic E-state index is 11.6. The third-order valence-electron chi connectivity index (χ3n) is 3.53. The number of hydrogen-bond acceptors (Lipinski definition) is 3. The first kappa shape index (κ1) is 16.1. The van der Waals surface area contributed by atoms with E-state index in [1.807, 2.05) is 31.2 Å². The molecule has 2 N–H and O–H groups in total. The molecule has 1 aromatic rings. The second-order valence-electron chi connectivity index (χ2n) is 4.96. The van der Waals surface area contributed by atoms with Gasteiger partial charge in [-0.2, -0.15) is 0 Å². The highest BCUT2D eigenvalue weighted by molar-refractivity contribution is 6.30. The van der Waals surface area contributed by atoms with Gasteiger partial charge in [0.1, 0.15) is 0 Å². The van der Waals surface area contributed by atoms with Crippen molar-refractivity contribution in [1.29, 1.82) is 0 Å². The van der Waals surface area contributed by atoms with E-state index in [2.05, 4.69) is 15.5 Å². The lowest BCUT2D eigenvalue weighted by Gasteiger charge is -2.35. The molecule has 0 unspecified atom stereocenters. The summed E-state index contributed by atoms with van der Waals surface area (Å²) in [7, 11) is 0. The minimum Gasteiger partial charge on any atom is -0.379 e. The fourth-order valence-corrected chi connectivity index (χ4v) is 2.57. The molecule has 0 aliphatic carbocycles. The molecule has 0 saturated carbocycles. The standard InChI is InChI=1S/C15H22ClN3O2/c1-2-17-15(20)18-11-14(19-7-9-21-10-8-19)12-3-5-13(16)6-4-12/h3-6,14H,2,7-11H2,1H3,(H2,17,18,20)/t14-/m1/s1. The van der Waals surface area contributed by atoms with Gasteiger partial charge >= 0.3 is 6.03 Å². The van der Waals surface area contributed by atoms with Gasteiger partial charge in [0.05, 0.1) is 19.3 Å². The highest BCUT2D eigenvalue weighted by Gasteiger charge is 2.23. The highest BCUT2D eigenvalue weighted by atomic mass is 35.5. The average Bonchev–Trinajstić information content (AvgIpc) is 2.50. The van der Waals surface area contributed by atoms with Crippen LogP contribution in [0.4, 0.5) is 4.79 Å². The Bertz CT molecular complexity index is 447. The molecule has 1 aromatic carbocycles. The molecule has 2 amide bonds. The Hall–Kier alpha value is -1.30. The topological polar surface area (TPSA) is 53.6 Å². The van der Waals surface area contributed by atoms with Crippen molar-refractivity contribution in [2.24, 2.45) is 0 Å². The number of rotatable bonds is 5. The van der Waals surface area contributed by atoms with Crippen LogP contribution in [0, 0.1) is 0 Å². The Morgan fingerprint density at radius 3 is 2.57 bits per heavy atom. The van der Waals surface area contributed by atoms with E-state index in [-0.39, 0.29) is 12.1 Å². The number of benzene rings is 1. The van der Waals surface area contributed by atoms with Crippen molar-refractivity contribution < 1.29 is 9.53 Å². The van der Waals surface area contributed by atoms with Crippen LogP contribution in [-0.4, -0.2) is 50.3 Å².